The minimum absolute atomic E-state index is 0.154. The normalized spacial score (nSPS) is 10.5. The maximum Gasteiger partial charge on any atom is 0.337 e. The van der Waals surface area contributed by atoms with Gasteiger partial charge in [0.2, 0.25) is 5.91 Å². The Morgan fingerprint density at radius 3 is 2.53 bits per heavy atom. The average molecular weight is 203 g/mol. The topological polar surface area (TPSA) is 59.3 Å². The first kappa shape index (κ1) is 9.45. The maximum atomic E-state index is 11.3. The zero-order valence-corrected chi connectivity index (χ0v) is 8.10. The lowest BCUT2D eigenvalue weighted by molar-refractivity contribution is 0.0699. The highest BCUT2D eigenvalue weighted by Crippen LogP contribution is 2.20. The smallest absolute Gasteiger partial charge is 0.337 e. The van der Waals surface area contributed by atoms with Crippen LogP contribution in [0.4, 0.5) is 0 Å². The van der Waals surface area contributed by atoms with E-state index in [1.807, 2.05) is 0 Å². The standard InChI is InChI=1S/C11H9NO3/c1-7(13)12-6-9(11(14)15)8-4-2-3-5-10(8)12/h2-6H,1H3,(H,14,15). The summed E-state index contributed by atoms with van der Waals surface area (Å²) in [6.07, 6.45) is 1.36. The lowest BCUT2D eigenvalue weighted by Crippen LogP contribution is -2.03. The van der Waals surface area contributed by atoms with Gasteiger partial charge in [0.15, 0.2) is 0 Å². The van der Waals surface area contributed by atoms with Gasteiger partial charge in [-0.25, -0.2) is 4.79 Å². The molecule has 0 radical (unpaired) electrons. The molecule has 1 aromatic heterocycles. The molecule has 4 nitrogen and oxygen atoms in total. The quantitative estimate of drug-likeness (QED) is 0.771. The summed E-state index contributed by atoms with van der Waals surface area (Å²) < 4.78 is 1.35. The number of aromatic nitrogens is 1. The monoisotopic (exact) mass is 203 g/mol. The van der Waals surface area contributed by atoms with Gasteiger partial charge < -0.3 is 5.11 Å². The van der Waals surface area contributed by atoms with E-state index in [1.165, 1.54) is 17.7 Å². The van der Waals surface area contributed by atoms with Gasteiger partial charge in [-0.3, -0.25) is 9.36 Å². The van der Waals surface area contributed by atoms with E-state index >= 15 is 0 Å². The summed E-state index contributed by atoms with van der Waals surface area (Å²) in [6, 6.07) is 6.94. The second kappa shape index (κ2) is 3.24. The molecular formula is C11H9NO3. The Morgan fingerprint density at radius 1 is 1.27 bits per heavy atom. The molecule has 0 fully saturated rings. The number of rotatable bonds is 1. The number of hydrogen-bond donors (Lipinski definition) is 1. The van der Waals surface area contributed by atoms with Gasteiger partial charge in [0.05, 0.1) is 11.1 Å². The molecule has 0 bridgehead atoms. The van der Waals surface area contributed by atoms with E-state index in [0.29, 0.717) is 10.9 Å². The summed E-state index contributed by atoms with van der Waals surface area (Å²) in [5.74, 6) is -1.22. The molecule has 0 amide bonds. The minimum Gasteiger partial charge on any atom is -0.478 e. The van der Waals surface area contributed by atoms with Crippen LogP contribution >= 0.6 is 0 Å². The van der Waals surface area contributed by atoms with Crippen LogP contribution in [0, 0.1) is 0 Å². The van der Waals surface area contributed by atoms with Gasteiger partial charge in [-0.2, -0.15) is 0 Å². The number of para-hydroxylation sites is 1. The van der Waals surface area contributed by atoms with E-state index in [-0.39, 0.29) is 11.5 Å². The van der Waals surface area contributed by atoms with Gasteiger partial charge in [0.1, 0.15) is 0 Å². The average Bonchev–Trinajstić information content (AvgIpc) is 2.56. The first-order valence-electron chi connectivity index (χ1n) is 4.45. The molecule has 1 aromatic carbocycles. The highest BCUT2D eigenvalue weighted by molar-refractivity contribution is 6.06. The van der Waals surface area contributed by atoms with Crippen molar-refractivity contribution in [2.45, 2.75) is 6.92 Å². The van der Waals surface area contributed by atoms with Crippen LogP contribution in [-0.2, 0) is 0 Å². The molecule has 15 heavy (non-hydrogen) atoms. The van der Waals surface area contributed by atoms with Gasteiger partial charge in [0, 0.05) is 18.5 Å². The van der Waals surface area contributed by atoms with Crippen LogP contribution in [0.1, 0.15) is 22.1 Å². The Labute approximate surface area is 85.7 Å². The van der Waals surface area contributed by atoms with Crippen molar-refractivity contribution in [1.82, 2.24) is 4.57 Å². The number of hydrogen-bond acceptors (Lipinski definition) is 2. The van der Waals surface area contributed by atoms with Gasteiger partial charge in [-0.05, 0) is 6.07 Å². The van der Waals surface area contributed by atoms with Crippen molar-refractivity contribution in [2.24, 2.45) is 0 Å². The molecule has 0 aliphatic heterocycles. The molecule has 0 spiro atoms. The Morgan fingerprint density at radius 2 is 1.93 bits per heavy atom. The Bertz CT molecular complexity index is 506. The lowest BCUT2D eigenvalue weighted by Gasteiger charge is -1.96. The van der Waals surface area contributed by atoms with Crippen LogP contribution < -0.4 is 0 Å². The van der Waals surface area contributed by atoms with Crippen molar-refractivity contribution in [3.63, 3.8) is 0 Å². The fourth-order valence-corrected chi connectivity index (χ4v) is 1.61. The molecule has 1 heterocycles. The SMILES string of the molecule is CC(=O)n1cc(C(=O)O)c2ccccc21. The van der Waals surface area contributed by atoms with Crippen molar-refractivity contribution < 1.29 is 14.7 Å². The molecule has 0 saturated heterocycles. The largest absolute Gasteiger partial charge is 0.478 e. The fraction of sp³-hybridized carbons (Fsp3) is 0.0909. The third-order valence-electron chi connectivity index (χ3n) is 2.28. The van der Waals surface area contributed by atoms with Crippen molar-refractivity contribution in [2.75, 3.05) is 0 Å². The minimum atomic E-state index is -1.02. The van der Waals surface area contributed by atoms with Crippen molar-refractivity contribution in [3.05, 3.63) is 36.0 Å². The van der Waals surface area contributed by atoms with Crippen LogP contribution in [0.15, 0.2) is 30.5 Å². The molecule has 0 aliphatic carbocycles. The second-order valence-electron chi connectivity index (χ2n) is 3.25. The zero-order valence-electron chi connectivity index (χ0n) is 8.10. The molecule has 0 atom stereocenters. The third kappa shape index (κ3) is 1.40. The van der Waals surface area contributed by atoms with Crippen molar-refractivity contribution >= 4 is 22.8 Å². The molecule has 4 heteroatoms. The van der Waals surface area contributed by atoms with Gasteiger partial charge >= 0.3 is 5.97 Å². The Kier molecular flexibility index (Phi) is 2.04. The first-order chi connectivity index (χ1) is 7.11. The fourth-order valence-electron chi connectivity index (χ4n) is 1.61. The third-order valence-corrected chi connectivity index (χ3v) is 2.28. The molecule has 76 valence electrons. The van der Waals surface area contributed by atoms with Crippen LogP contribution in [0.25, 0.3) is 10.9 Å². The first-order valence-corrected chi connectivity index (χ1v) is 4.45. The number of nitrogens with zero attached hydrogens (tertiary/aromatic N) is 1. The summed E-state index contributed by atoms with van der Waals surface area (Å²) >= 11 is 0. The Hall–Kier alpha value is -2.10. The number of carbonyl (C=O) groups is 2. The number of benzene rings is 1. The number of fused-ring (bicyclic) bond motifs is 1. The number of carboxylic acid groups (broad SMARTS) is 1. The molecule has 0 unspecified atom stereocenters. The molecule has 0 aliphatic rings. The number of carbonyl (C=O) groups excluding carboxylic acids is 1. The second-order valence-corrected chi connectivity index (χ2v) is 3.25. The van der Waals surface area contributed by atoms with Gasteiger partial charge in [0.25, 0.3) is 0 Å². The van der Waals surface area contributed by atoms with Crippen LogP contribution in [0.2, 0.25) is 0 Å². The van der Waals surface area contributed by atoms with E-state index in [9.17, 15) is 9.59 Å². The molecule has 2 aromatic rings. The van der Waals surface area contributed by atoms with E-state index in [0.717, 1.165) is 0 Å². The molecule has 2 rings (SSSR count). The van der Waals surface area contributed by atoms with E-state index in [1.54, 1.807) is 24.3 Å². The molecular weight excluding hydrogens is 194 g/mol. The highest BCUT2D eigenvalue weighted by atomic mass is 16.4. The van der Waals surface area contributed by atoms with E-state index in [2.05, 4.69) is 0 Å². The van der Waals surface area contributed by atoms with Crippen molar-refractivity contribution in [3.8, 4) is 0 Å². The highest BCUT2D eigenvalue weighted by Gasteiger charge is 2.14. The molecule has 0 saturated carbocycles. The van der Waals surface area contributed by atoms with Crippen LogP contribution in [0.3, 0.4) is 0 Å². The number of aromatic carboxylic acids is 1. The maximum absolute atomic E-state index is 11.3. The predicted octanol–water partition coefficient (Wildman–Crippen LogP) is 2.00. The zero-order chi connectivity index (χ0) is 11.0. The van der Waals surface area contributed by atoms with Crippen molar-refractivity contribution in [1.29, 1.82) is 0 Å². The Balaban J connectivity index is 2.85. The van der Waals surface area contributed by atoms with Crippen LogP contribution in [-0.4, -0.2) is 21.6 Å². The summed E-state index contributed by atoms with van der Waals surface area (Å²) in [6.45, 7) is 1.40. The van der Waals surface area contributed by atoms with Gasteiger partial charge in [-0.15, -0.1) is 0 Å². The summed E-state index contributed by atoms with van der Waals surface area (Å²) in [4.78, 5) is 22.2. The summed E-state index contributed by atoms with van der Waals surface area (Å²) in [5.41, 5.74) is 0.781. The van der Waals surface area contributed by atoms with E-state index in [4.69, 9.17) is 5.11 Å². The van der Waals surface area contributed by atoms with Crippen LogP contribution in [0.5, 0.6) is 0 Å². The lowest BCUT2D eigenvalue weighted by atomic mass is 10.2. The van der Waals surface area contributed by atoms with Gasteiger partial charge in [-0.1, -0.05) is 18.2 Å². The molecule has 1 N–H and O–H groups in total. The predicted molar refractivity (Wildman–Crippen MR) is 55.2 cm³/mol. The summed E-state index contributed by atoms with van der Waals surface area (Å²) in [5, 5.41) is 9.54. The summed E-state index contributed by atoms with van der Waals surface area (Å²) in [7, 11) is 0. The number of carboxylic acids is 1. The van der Waals surface area contributed by atoms with E-state index < -0.39 is 5.97 Å².